The van der Waals surface area contributed by atoms with Gasteiger partial charge in [0.1, 0.15) is 0 Å². The molecule has 21 heavy (non-hydrogen) atoms. The van der Waals surface area contributed by atoms with Crippen molar-refractivity contribution in [1.82, 2.24) is 10.2 Å². The van der Waals surface area contributed by atoms with Crippen molar-refractivity contribution in [2.75, 3.05) is 44.2 Å². The van der Waals surface area contributed by atoms with Crippen molar-refractivity contribution in [2.45, 2.75) is 12.8 Å². The highest BCUT2D eigenvalue weighted by molar-refractivity contribution is 6.01. The molecule has 4 nitrogen and oxygen atoms in total. The third-order valence-electron chi connectivity index (χ3n) is 5.25. The van der Waals surface area contributed by atoms with Crippen molar-refractivity contribution < 1.29 is 4.79 Å². The average molecular weight is 285 g/mol. The Morgan fingerprint density at radius 2 is 1.86 bits per heavy atom. The van der Waals surface area contributed by atoms with Gasteiger partial charge in [0.2, 0.25) is 5.91 Å². The smallest absolute Gasteiger partial charge is 0.231 e. The van der Waals surface area contributed by atoms with Crippen LogP contribution in [0.5, 0.6) is 0 Å². The van der Waals surface area contributed by atoms with E-state index in [-0.39, 0.29) is 5.91 Å². The van der Waals surface area contributed by atoms with Gasteiger partial charge in [0, 0.05) is 25.3 Å². The molecular weight excluding hydrogens is 262 g/mol. The Balaban J connectivity index is 1.31. The molecule has 1 aromatic carbocycles. The van der Waals surface area contributed by atoms with Crippen LogP contribution in [0.2, 0.25) is 0 Å². The molecule has 1 aromatic rings. The molecule has 4 rings (SSSR count). The summed E-state index contributed by atoms with van der Waals surface area (Å²) >= 11 is 0. The van der Waals surface area contributed by atoms with E-state index in [1.807, 2.05) is 17.0 Å². The number of carbonyl (C=O) groups is 1. The standard InChI is InChI=1S/C17H23N3O/c21-17-8-13-4-1-2-5-16(13)20(17)7-3-6-19-11-14-9-18-10-15(14)12-19/h1-2,4-5,14-15,18H,3,6-12H2/t14-,15+. The van der Waals surface area contributed by atoms with Crippen LogP contribution in [0, 0.1) is 11.8 Å². The molecule has 3 aliphatic rings. The van der Waals surface area contributed by atoms with E-state index in [4.69, 9.17) is 0 Å². The van der Waals surface area contributed by atoms with Gasteiger partial charge in [-0.15, -0.1) is 0 Å². The summed E-state index contributed by atoms with van der Waals surface area (Å²) in [4.78, 5) is 16.7. The third kappa shape index (κ3) is 2.47. The van der Waals surface area contributed by atoms with Crippen LogP contribution in [0.15, 0.2) is 24.3 Å². The van der Waals surface area contributed by atoms with E-state index >= 15 is 0 Å². The van der Waals surface area contributed by atoms with E-state index in [0.717, 1.165) is 37.0 Å². The van der Waals surface area contributed by atoms with Gasteiger partial charge in [0.15, 0.2) is 0 Å². The molecule has 2 saturated heterocycles. The molecule has 0 radical (unpaired) electrons. The monoisotopic (exact) mass is 285 g/mol. The highest BCUT2D eigenvalue weighted by Crippen LogP contribution is 2.29. The first kappa shape index (κ1) is 13.3. The lowest BCUT2D eigenvalue weighted by atomic mass is 10.0. The van der Waals surface area contributed by atoms with E-state index in [1.165, 1.54) is 31.7 Å². The Hall–Kier alpha value is -1.39. The molecule has 0 aromatic heterocycles. The number of para-hydroxylation sites is 1. The number of nitrogens with zero attached hydrogens (tertiary/aromatic N) is 2. The fraction of sp³-hybridized carbons (Fsp3) is 0.588. The van der Waals surface area contributed by atoms with Crippen molar-refractivity contribution in [2.24, 2.45) is 11.8 Å². The van der Waals surface area contributed by atoms with Gasteiger partial charge < -0.3 is 15.1 Å². The Kier molecular flexibility index (Phi) is 3.43. The molecule has 112 valence electrons. The number of hydrogen-bond donors (Lipinski definition) is 1. The normalized spacial score (nSPS) is 28.2. The summed E-state index contributed by atoms with van der Waals surface area (Å²) in [5.41, 5.74) is 2.31. The van der Waals surface area contributed by atoms with Gasteiger partial charge in [0.05, 0.1) is 6.42 Å². The number of benzene rings is 1. The second-order valence-electron chi connectivity index (χ2n) is 6.64. The van der Waals surface area contributed by atoms with Crippen LogP contribution in [0.4, 0.5) is 5.69 Å². The molecule has 0 unspecified atom stereocenters. The number of rotatable bonds is 4. The van der Waals surface area contributed by atoms with Gasteiger partial charge in [-0.3, -0.25) is 4.79 Å². The second kappa shape index (κ2) is 5.43. The van der Waals surface area contributed by atoms with Crippen LogP contribution in [-0.4, -0.2) is 50.1 Å². The lowest BCUT2D eigenvalue weighted by Gasteiger charge is -2.21. The fourth-order valence-corrected chi connectivity index (χ4v) is 4.15. The van der Waals surface area contributed by atoms with Gasteiger partial charge in [-0.05, 0) is 49.5 Å². The molecule has 0 saturated carbocycles. The van der Waals surface area contributed by atoms with E-state index in [9.17, 15) is 4.79 Å². The highest BCUT2D eigenvalue weighted by atomic mass is 16.2. The second-order valence-corrected chi connectivity index (χ2v) is 6.64. The number of hydrogen-bond acceptors (Lipinski definition) is 3. The number of nitrogens with one attached hydrogen (secondary N) is 1. The Labute approximate surface area is 126 Å². The summed E-state index contributed by atoms with van der Waals surface area (Å²) in [6.07, 6.45) is 1.66. The molecule has 3 heterocycles. The van der Waals surface area contributed by atoms with E-state index < -0.39 is 0 Å². The minimum Gasteiger partial charge on any atom is -0.316 e. The zero-order chi connectivity index (χ0) is 14.2. The van der Waals surface area contributed by atoms with Crippen molar-refractivity contribution in [3.05, 3.63) is 29.8 Å². The quantitative estimate of drug-likeness (QED) is 0.900. The van der Waals surface area contributed by atoms with Crippen molar-refractivity contribution in [3.63, 3.8) is 0 Å². The molecule has 2 atom stereocenters. The van der Waals surface area contributed by atoms with Crippen LogP contribution < -0.4 is 10.2 Å². The lowest BCUT2D eigenvalue weighted by molar-refractivity contribution is -0.117. The zero-order valence-electron chi connectivity index (χ0n) is 12.4. The highest BCUT2D eigenvalue weighted by Gasteiger charge is 2.35. The summed E-state index contributed by atoms with van der Waals surface area (Å²) < 4.78 is 0. The minimum atomic E-state index is 0.263. The topological polar surface area (TPSA) is 35.6 Å². The van der Waals surface area contributed by atoms with Gasteiger partial charge in [0.25, 0.3) is 0 Å². The number of anilines is 1. The number of carbonyl (C=O) groups excluding carboxylic acids is 1. The van der Waals surface area contributed by atoms with Crippen molar-refractivity contribution in [1.29, 1.82) is 0 Å². The molecule has 4 heteroatoms. The fourth-order valence-electron chi connectivity index (χ4n) is 4.15. The number of fused-ring (bicyclic) bond motifs is 2. The van der Waals surface area contributed by atoms with Gasteiger partial charge in [-0.2, -0.15) is 0 Å². The molecular formula is C17H23N3O. The van der Waals surface area contributed by atoms with Gasteiger partial charge in [-0.1, -0.05) is 18.2 Å². The van der Waals surface area contributed by atoms with Crippen LogP contribution in [0.1, 0.15) is 12.0 Å². The molecule has 1 N–H and O–H groups in total. The summed E-state index contributed by atoms with van der Waals surface area (Å²) in [6, 6.07) is 8.19. The Morgan fingerprint density at radius 1 is 1.10 bits per heavy atom. The van der Waals surface area contributed by atoms with E-state index in [1.54, 1.807) is 0 Å². The maximum Gasteiger partial charge on any atom is 0.231 e. The van der Waals surface area contributed by atoms with Crippen LogP contribution in [-0.2, 0) is 11.2 Å². The van der Waals surface area contributed by atoms with Crippen molar-refractivity contribution in [3.8, 4) is 0 Å². The maximum absolute atomic E-state index is 12.1. The minimum absolute atomic E-state index is 0.263. The summed E-state index contributed by atoms with van der Waals surface area (Å²) in [5.74, 6) is 1.98. The van der Waals surface area contributed by atoms with E-state index in [0.29, 0.717) is 6.42 Å². The van der Waals surface area contributed by atoms with Gasteiger partial charge in [-0.25, -0.2) is 0 Å². The third-order valence-corrected chi connectivity index (χ3v) is 5.25. The predicted octanol–water partition coefficient (Wildman–Crippen LogP) is 1.12. The zero-order valence-corrected chi connectivity index (χ0v) is 12.4. The van der Waals surface area contributed by atoms with Crippen LogP contribution in [0.25, 0.3) is 0 Å². The van der Waals surface area contributed by atoms with Crippen LogP contribution in [0.3, 0.4) is 0 Å². The molecule has 0 spiro atoms. The van der Waals surface area contributed by atoms with Crippen LogP contribution >= 0.6 is 0 Å². The molecule has 3 aliphatic heterocycles. The molecule has 1 amide bonds. The van der Waals surface area contributed by atoms with Gasteiger partial charge >= 0.3 is 0 Å². The SMILES string of the molecule is O=C1Cc2ccccc2N1CCCN1C[C@H]2CNC[C@H]2C1. The predicted molar refractivity (Wildman–Crippen MR) is 83.4 cm³/mol. The number of likely N-dealkylation sites (tertiary alicyclic amines) is 1. The Bertz CT molecular complexity index is 533. The first-order chi connectivity index (χ1) is 10.3. The molecule has 0 bridgehead atoms. The first-order valence-corrected chi connectivity index (χ1v) is 8.12. The summed E-state index contributed by atoms with van der Waals surface area (Å²) in [6.45, 7) is 6.85. The summed E-state index contributed by atoms with van der Waals surface area (Å²) in [5, 5.41) is 3.48. The number of amides is 1. The van der Waals surface area contributed by atoms with E-state index in [2.05, 4.69) is 22.3 Å². The average Bonchev–Trinajstić information content (AvgIpc) is 3.12. The molecule has 2 fully saturated rings. The first-order valence-electron chi connectivity index (χ1n) is 8.12. The molecule has 0 aliphatic carbocycles. The maximum atomic E-state index is 12.1. The largest absolute Gasteiger partial charge is 0.316 e. The summed E-state index contributed by atoms with van der Waals surface area (Å²) in [7, 11) is 0. The lowest BCUT2D eigenvalue weighted by Crippen LogP contribution is -2.32. The Morgan fingerprint density at radius 3 is 2.67 bits per heavy atom. The van der Waals surface area contributed by atoms with Crippen molar-refractivity contribution >= 4 is 11.6 Å².